The lowest BCUT2D eigenvalue weighted by molar-refractivity contribution is -0.0262. The highest BCUT2D eigenvalue weighted by molar-refractivity contribution is 5.17. The Bertz CT molecular complexity index is 360. The van der Waals surface area contributed by atoms with E-state index in [1.54, 1.807) is 7.05 Å². The summed E-state index contributed by atoms with van der Waals surface area (Å²) in [6.45, 7) is 2.02. The largest absolute Gasteiger partial charge is 0.293 e. The highest BCUT2D eigenvalue weighted by Crippen LogP contribution is 2.37. The monoisotopic (exact) mass is 215 g/mol. The predicted octanol–water partition coefficient (Wildman–Crippen LogP) is 2.27. The minimum atomic E-state index is -2.81. The number of hydrogen-bond donors (Lipinski definition) is 0. The summed E-state index contributed by atoms with van der Waals surface area (Å²) >= 11 is 0. The fourth-order valence-electron chi connectivity index (χ4n) is 2.01. The van der Waals surface area contributed by atoms with E-state index in [0.717, 1.165) is 6.42 Å². The van der Waals surface area contributed by atoms with Crippen LogP contribution in [-0.4, -0.2) is 15.0 Å². The van der Waals surface area contributed by atoms with Crippen LogP contribution in [0, 0.1) is 5.92 Å². The van der Waals surface area contributed by atoms with E-state index in [4.69, 9.17) is 0 Å². The van der Waals surface area contributed by atoms with Crippen LogP contribution >= 0.6 is 0 Å². The third-order valence-electron chi connectivity index (χ3n) is 3.11. The van der Waals surface area contributed by atoms with E-state index in [1.807, 2.05) is 6.92 Å². The molecule has 1 heterocycles. The lowest BCUT2D eigenvalue weighted by Crippen LogP contribution is -2.21. The van der Waals surface area contributed by atoms with E-state index in [2.05, 4.69) is 10.3 Å². The molecule has 84 valence electrons. The molecule has 1 aliphatic carbocycles. The number of aromatic nitrogens is 3. The van der Waals surface area contributed by atoms with Gasteiger partial charge in [-0.3, -0.25) is 4.68 Å². The average Bonchev–Trinajstić information content (AvgIpc) is 2.53. The van der Waals surface area contributed by atoms with Crippen LogP contribution in [0.25, 0.3) is 0 Å². The summed E-state index contributed by atoms with van der Waals surface area (Å²) in [5, 5.41) is 7.29. The van der Waals surface area contributed by atoms with Crippen molar-refractivity contribution in [3.05, 3.63) is 11.4 Å². The van der Waals surface area contributed by atoms with Crippen LogP contribution in [0.4, 0.5) is 8.78 Å². The maximum absolute atomic E-state index is 13.7. The standard InChI is InChI=1S/C10H15F2N3/c1-7-3-4-8-9(13-14-15(8)2)10(11,12)6-5-7/h7H,3-6H2,1-2H3. The molecular weight excluding hydrogens is 200 g/mol. The quantitative estimate of drug-likeness (QED) is 0.664. The molecule has 0 fully saturated rings. The number of alkyl halides is 2. The van der Waals surface area contributed by atoms with Gasteiger partial charge in [-0.1, -0.05) is 12.1 Å². The maximum atomic E-state index is 13.7. The molecule has 2 rings (SSSR count). The molecule has 0 radical (unpaired) electrons. The fourth-order valence-corrected chi connectivity index (χ4v) is 2.01. The van der Waals surface area contributed by atoms with Gasteiger partial charge < -0.3 is 0 Å². The van der Waals surface area contributed by atoms with Crippen LogP contribution < -0.4 is 0 Å². The number of aryl methyl sites for hydroxylation is 1. The molecule has 0 aliphatic heterocycles. The van der Waals surface area contributed by atoms with Gasteiger partial charge in [0.15, 0.2) is 5.69 Å². The summed E-state index contributed by atoms with van der Waals surface area (Å²) in [6.07, 6.45) is 2.03. The van der Waals surface area contributed by atoms with Crippen LogP contribution in [-0.2, 0) is 19.4 Å². The number of halogens is 2. The van der Waals surface area contributed by atoms with Crippen molar-refractivity contribution in [1.82, 2.24) is 15.0 Å². The normalized spacial score (nSPS) is 25.5. The van der Waals surface area contributed by atoms with Gasteiger partial charge in [-0.25, -0.2) is 0 Å². The second-order valence-corrected chi connectivity index (χ2v) is 4.40. The fraction of sp³-hybridized carbons (Fsp3) is 0.800. The summed E-state index contributed by atoms with van der Waals surface area (Å²) in [4.78, 5) is 0. The highest BCUT2D eigenvalue weighted by Gasteiger charge is 2.39. The highest BCUT2D eigenvalue weighted by atomic mass is 19.3. The molecule has 0 saturated carbocycles. The molecule has 0 spiro atoms. The molecule has 1 aliphatic rings. The van der Waals surface area contributed by atoms with Crippen molar-refractivity contribution >= 4 is 0 Å². The molecular formula is C10H15F2N3. The van der Waals surface area contributed by atoms with Crippen LogP contribution in [0.5, 0.6) is 0 Å². The van der Waals surface area contributed by atoms with Gasteiger partial charge in [-0.05, 0) is 25.2 Å². The van der Waals surface area contributed by atoms with Crippen molar-refractivity contribution < 1.29 is 8.78 Å². The van der Waals surface area contributed by atoms with Crippen LogP contribution in [0.15, 0.2) is 0 Å². The molecule has 1 unspecified atom stereocenters. The zero-order chi connectivity index (χ0) is 11.1. The van der Waals surface area contributed by atoms with E-state index in [9.17, 15) is 8.78 Å². The Labute approximate surface area is 87.5 Å². The molecule has 0 amide bonds. The van der Waals surface area contributed by atoms with E-state index >= 15 is 0 Å². The van der Waals surface area contributed by atoms with Crippen molar-refractivity contribution in [2.75, 3.05) is 0 Å². The molecule has 0 bridgehead atoms. The minimum Gasteiger partial charge on any atom is -0.252 e. The predicted molar refractivity (Wildman–Crippen MR) is 51.6 cm³/mol. The topological polar surface area (TPSA) is 30.7 Å². The molecule has 3 nitrogen and oxygen atoms in total. The van der Waals surface area contributed by atoms with Crippen molar-refractivity contribution in [3.8, 4) is 0 Å². The molecule has 0 saturated heterocycles. The van der Waals surface area contributed by atoms with Crippen molar-refractivity contribution in [2.24, 2.45) is 13.0 Å². The van der Waals surface area contributed by atoms with E-state index in [-0.39, 0.29) is 12.1 Å². The zero-order valence-electron chi connectivity index (χ0n) is 9.00. The smallest absolute Gasteiger partial charge is 0.252 e. The molecule has 15 heavy (non-hydrogen) atoms. The lowest BCUT2D eigenvalue weighted by atomic mass is 9.91. The third-order valence-corrected chi connectivity index (χ3v) is 3.11. The van der Waals surface area contributed by atoms with Crippen LogP contribution in [0.2, 0.25) is 0 Å². The van der Waals surface area contributed by atoms with Gasteiger partial charge in [0.05, 0.1) is 5.69 Å². The molecule has 1 atom stereocenters. The minimum absolute atomic E-state index is 0.111. The summed E-state index contributed by atoms with van der Waals surface area (Å²) in [5.74, 6) is -2.46. The molecule has 0 aromatic carbocycles. The Balaban J connectivity index is 2.40. The number of fused-ring (bicyclic) bond motifs is 1. The lowest BCUT2D eigenvalue weighted by Gasteiger charge is -2.21. The first-order chi connectivity index (χ1) is 7.00. The van der Waals surface area contributed by atoms with Gasteiger partial charge in [0.25, 0.3) is 5.92 Å². The SMILES string of the molecule is CC1CCc2c(nnn2C)C(F)(F)CC1. The van der Waals surface area contributed by atoms with Crippen molar-refractivity contribution in [2.45, 2.75) is 38.5 Å². The van der Waals surface area contributed by atoms with Gasteiger partial charge >= 0.3 is 0 Å². The van der Waals surface area contributed by atoms with Gasteiger partial charge in [0.1, 0.15) is 0 Å². The number of hydrogen-bond acceptors (Lipinski definition) is 2. The van der Waals surface area contributed by atoms with Crippen LogP contribution in [0.3, 0.4) is 0 Å². The Morgan fingerprint density at radius 2 is 2.13 bits per heavy atom. The molecule has 1 aromatic rings. The zero-order valence-corrected chi connectivity index (χ0v) is 9.00. The van der Waals surface area contributed by atoms with Crippen LogP contribution in [0.1, 0.15) is 37.6 Å². The first-order valence-corrected chi connectivity index (χ1v) is 5.27. The van der Waals surface area contributed by atoms with E-state index in [0.29, 0.717) is 24.5 Å². The summed E-state index contributed by atoms with van der Waals surface area (Å²) in [5.41, 5.74) is 0.475. The molecule has 5 heteroatoms. The summed E-state index contributed by atoms with van der Waals surface area (Å²) in [6, 6.07) is 0. The van der Waals surface area contributed by atoms with Gasteiger partial charge in [0, 0.05) is 13.5 Å². The third kappa shape index (κ3) is 1.87. The Morgan fingerprint density at radius 3 is 2.87 bits per heavy atom. The number of rotatable bonds is 0. The second kappa shape index (κ2) is 3.54. The number of nitrogens with zero attached hydrogens (tertiary/aromatic N) is 3. The first kappa shape index (κ1) is 10.5. The molecule has 1 aromatic heterocycles. The van der Waals surface area contributed by atoms with Gasteiger partial charge in [0.2, 0.25) is 0 Å². The Hall–Kier alpha value is -1.00. The molecule has 0 N–H and O–H groups in total. The summed E-state index contributed by atoms with van der Waals surface area (Å²) < 4.78 is 28.9. The van der Waals surface area contributed by atoms with E-state index in [1.165, 1.54) is 4.68 Å². The Morgan fingerprint density at radius 1 is 1.40 bits per heavy atom. The van der Waals surface area contributed by atoms with Crippen molar-refractivity contribution in [1.29, 1.82) is 0 Å². The van der Waals surface area contributed by atoms with E-state index < -0.39 is 5.92 Å². The Kier molecular flexibility index (Phi) is 2.48. The average molecular weight is 215 g/mol. The first-order valence-electron chi connectivity index (χ1n) is 5.27. The second-order valence-electron chi connectivity index (χ2n) is 4.40. The van der Waals surface area contributed by atoms with Crippen molar-refractivity contribution in [3.63, 3.8) is 0 Å². The van der Waals surface area contributed by atoms with Gasteiger partial charge in [-0.2, -0.15) is 8.78 Å². The van der Waals surface area contributed by atoms with Gasteiger partial charge in [-0.15, -0.1) is 5.10 Å². The summed E-state index contributed by atoms with van der Waals surface area (Å²) in [7, 11) is 1.67. The maximum Gasteiger partial charge on any atom is 0.293 e.